The van der Waals surface area contributed by atoms with Crippen molar-refractivity contribution in [3.05, 3.63) is 44.8 Å². The molecule has 0 spiro atoms. The molecule has 1 heterocycles. The second-order valence-corrected chi connectivity index (χ2v) is 7.75. The number of amides is 1. The molecule has 20 heavy (non-hydrogen) atoms. The van der Waals surface area contributed by atoms with Gasteiger partial charge in [0.1, 0.15) is 10.7 Å². The zero-order valence-corrected chi connectivity index (χ0v) is 13.4. The van der Waals surface area contributed by atoms with E-state index in [1.165, 1.54) is 11.3 Å². The summed E-state index contributed by atoms with van der Waals surface area (Å²) in [6.45, 7) is 0. The van der Waals surface area contributed by atoms with Gasteiger partial charge in [0.25, 0.3) is 5.91 Å². The number of hydrogen-bond donors (Lipinski definition) is 1. The average molecular weight is 378 g/mol. The molecule has 1 N–H and O–H groups in total. The van der Waals surface area contributed by atoms with E-state index in [-0.39, 0.29) is 10.6 Å². The van der Waals surface area contributed by atoms with Gasteiger partial charge in [-0.25, -0.2) is 12.8 Å². The lowest BCUT2D eigenvalue weighted by Crippen LogP contribution is -2.12. The summed E-state index contributed by atoms with van der Waals surface area (Å²) in [6, 6.07) is 4.96. The maximum Gasteiger partial charge on any atom is 0.266 e. The third-order valence-corrected chi connectivity index (χ3v) is 5.38. The fraction of sp³-hybridized carbons (Fsp3) is 0.0833. The van der Waals surface area contributed by atoms with Gasteiger partial charge in [0, 0.05) is 10.7 Å². The first-order valence-corrected chi connectivity index (χ1v) is 8.89. The third-order valence-electron chi connectivity index (χ3n) is 2.44. The highest BCUT2D eigenvalue weighted by molar-refractivity contribution is 9.10. The number of benzene rings is 1. The lowest BCUT2D eigenvalue weighted by molar-refractivity contribution is 0.102. The molecular weight excluding hydrogens is 369 g/mol. The zero-order chi connectivity index (χ0) is 14.9. The molecule has 0 unspecified atom stereocenters. The molecule has 2 aromatic rings. The number of hydrogen-bond acceptors (Lipinski definition) is 4. The van der Waals surface area contributed by atoms with Crippen molar-refractivity contribution in [1.82, 2.24) is 0 Å². The molecule has 0 saturated heterocycles. The molecule has 1 aromatic heterocycles. The van der Waals surface area contributed by atoms with Gasteiger partial charge in [0.05, 0.1) is 10.6 Å². The van der Waals surface area contributed by atoms with E-state index in [4.69, 9.17) is 0 Å². The summed E-state index contributed by atoms with van der Waals surface area (Å²) in [4.78, 5) is 12.3. The highest BCUT2D eigenvalue weighted by atomic mass is 79.9. The van der Waals surface area contributed by atoms with Crippen LogP contribution in [0.5, 0.6) is 0 Å². The highest BCUT2D eigenvalue weighted by Crippen LogP contribution is 2.25. The Morgan fingerprint density at radius 2 is 2.05 bits per heavy atom. The minimum absolute atomic E-state index is 0.0561. The minimum atomic E-state index is -3.46. The van der Waals surface area contributed by atoms with E-state index >= 15 is 0 Å². The smallest absolute Gasteiger partial charge is 0.266 e. The van der Waals surface area contributed by atoms with Gasteiger partial charge in [-0.1, -0.05) is 0 Å². The Morgan fingerprint density at radius 1 is 1.35 bits per heavy atom. The van der Waals surface area contributed by atoms with E-state index in [1.807, 2.05) is 0 Å². The maximum absolute atomic E-state index is 13.6. The molecule has 0 radical (unpaired) electrons. The topological polar surface area (TPSA) is 63.2 Å². The van der Waals surface area contributed by atoms with Crippen LogP contribution < -0.4 is 5.32 Å². The molecule has 1 amide bonds. The quantitative estimate of drug-likeness (QED) is 0.834. The summed E-state index contributed by atoms with van der Waals surface area (Å²) >= 11 is 4.40. The first-order valence-electron chi connectivity index (χ1n) is 5.33. The van der Waals surface area contributed by atoms with E-state index in [0.29, 0.717) is 9.35 Å². The van der Waals surface area contributed by atoms with Crippen LogP contribution in [0.25, 0.3) is 0 Å². The predicted octanol–water partition coefficient (Wildman–Crippen LogP) is 3.31. The molecule has 0 aliphatic heterocycles. The van der Waals surface area contributed by atoms with Crippen molar-refractivity contribution >= 4 is 48.7 Å². The standard InChI is InChI=1S/C12H9BrFNO3S2/c1-20(17,18)7-2-3-9(14)10(6-7)15-12(16)11-8(13)4-5-19-11/h2-6H,1H3,(H,15,16). The van der Waals surface area contributed by atoms with Gasteiger partial charge in [-0.2, -0.15) is 0 Å². The van der Waals surface area contributed by atoms with Crippen LogP contribution in [0.1, 0.15) is 9.67 Å². The summed E-state index contributed by atoms with van der Waals surface area (Å²) in [7, 11) is -3.46. The maximum atomic E-state index is 13.6. The lowest BCUT2D eigenvalue weighted by Gasteiger charge is -2.07. The molecule has 106 valence electrons. The Bertz CT molecular complexity index is 771. The molecule has 0 saturated carbocycles. The predicted molar refractivity (Wildman–Crippen MR) is 79.5 cm³/mol. The number of halogens is 2. The molecule has 0 fully saturated rings. The van der Waals surface area contributed by atoms with Gasteiger partial charge in [-0.3, -0.25) is 4.79 Å². The van der Waals surface area contributed by atoms with Gasteiger partial charge in [0.15, 0.2) is 9.84 Å². The normalized spacial score (nSPS) is 11.3. The molecule has 0 bridgehead atoms. The fourth-order valence-electron chi connectivity index (χ4n) is 1.47. The van der Waals surface area contributed by atoms with Crippen LogP contribution in [0.15, 0.2) is 39.0 Å². The molecular formula is C12H9BrFNO3S2. The lowest BCUT2D eigenvalue weighted by atomic mass is 10.3. The second kappa shape index (κ2) is 5.63. The number of sulfone groups is 1. The molecule has 0 aliphatic carbocycles. The van der Waals surface area contributed by atoms with Crippen molar-refractivity contribution in [3.8, 4) is 0 Å². The van der Waals surface area contributed by atoms with Crippen LogP contribution in [0.4, 0.5) is 10.1 Å². The van der Waals surface area contributed by atoms with Crippen LogP contribution in [0, 0.1) is 5.82 Å². The van der Waals surface area contributed by atoms with Crippen LogP contribution >= 0.6 is 27.3 Å². The summed E-state index contributed by atoms with van der Waals surface area (Å²) in [5.41, 5.74) is -0.168. The van der Waals surface area contributed by atoms with Crippen molar-refractivity contribution in [3.63, 3.8) is 0 Å². The zero-order valence-electron chi connectivity index (χ0n) is 10.2. The van der Waals surface area contributed by atoms with Crippen molar-refractivity contribution < 1.29 is 17.6 Å². The number of rotatable bonds is 3. The van der Waals surface area contributed by atoms with E-state index in [2.05, 4.69) is 21.2 Å². The molecule has 2 rings (SSSR count). The summed E-state index contributed by atoms with van der Waals surface area (Å²) in [6.07, 6.45) is 1.02. The van der Waals surface area contributed by atoms with Crippen molar-refractivity contribution in [2.24, 2.45) is 0 Å². The summed E-state index contributed by atoms with van der Waals surface area (Å²) in [5, 5.41) is 4.08. The number of nitrogens with one attached hydrogen (secondary N) is 1. The number of carbonyl (C=O) groups is 1. The van der Waals surface area contributed by atoms with Gasteiger partial charge >= 0.3 is 0 Å². The van der Waals surface area contributed by atoms with Crippen LogP contribution in [0.2, 0.25) is 0 Å². The van der Waals surface area contributed by atoms with Gasteiger partial charge in [0.2, 0.25) is 0 Å². The van der Waals surface area contributed by atoms with Gasteiger partial charge < -0.3 is 5.32 Å². The largest absolute Gasteiger partial charge is 0.319 e. The van der Waals surface area contributed by atoms with E-state index in [1.54, 1.807) is 11.4 Å². The number of thiophene rings is 1. The molecule has 1 aromatic carbocycles. The Morgan fingerprint density at radius 3 is 2.60 bits per heavy atom. The third kappa shape index (κ3) is 3.25. The van der Waals surface area contributed by atoms with Gasteiger partial charge in [-0.05, 0) is 45.6 Å². The van der Waals surface area contributed by atoms with Crippen LogP contribution in [-0.4, -0.2) is 20.6 Å². The first-order chi connectivity index (χ1) is 9.29. The highest BCUT2D eigenvalue weighted by Gasteiger charge is 2.16. The first kappa shape index (κ1) is 15.1. The molecule has 0 atom stereocenters. The number of carbonyl (C=O) groups excluding carboxylic acids is 1. The molecule has 4 nitrogen and oxygen atoms in total. The second-order valence-electron chi connectivity index (χ2n) is 3.97. The average Bonchev–Trinajstić information content (AvgIpc) is 2.77. The Kier molecular flexibility index (Phi) is 4.26. The van der Waals surface area contributed by atoms with Crippen molar-refractivity contribution in [2.75, 3.05) is 11.6 Å². The fourth-order valence-corrected chi connectivity index (χ4v) is 3.56. The Labute approximate surface area is 127 Å². The number of anilines is 1. The van der Waals surface area contributed by atoms with Crippen molar-refractivity contribution in [2.45, 2.75) is 4.90 Å². The van der Waals surface area contributed by atoms with Gasteiger partial charge in [-0.15, -0.1) is 11.3 Å². The SMILES string of the molecule is CS(=O)(=O)c1ccc(F)c(NC(=O)c2sccc2Br)c1. The Hall–Kier alpha value is -1.25. The molecule has 0 aliphatic rings. The van der Waals surface area contributed by atoms with Crippen LogP contribution in [0.3, 0.4) is 0 Å². The monoisotopic (exact) mass is 377 g/mol. The van der Waals surface area contributed by atoms with E-state index < -0.39 is 21.6 Å². The summed E-state index contributed by atoms with van der Waals surface area (Å²) in [5.74, 6) is -1.20. The van der Waals surface area contributed by atoms with E-state index in [9.17, 15) is 17.6 Å². The van der Waals surface area contributed by atoms with E-state index in [0.717, 1.165) is 24.5 Å². The minimum Gasteiger partial charge on any atom is -0.319 e. The summed E-state index contributed by atoms with van der Waals surface area (Å²) < 4.78 is 37.1. The molecule has 8 heteroatoms. The van der Waals surface area contributed by atoms with Crippen LogP contribution in [-0.2, 0) is 9.84 Å². The Balaban J connectivity index is 2.34. The van der Waals surface area contributed by atoms with Crippen molar-refractivity contribution in [1.29, 1.82) is 0 Å².